The van der Waals surface area contributed by atoms with Gasteiger partial charge in [-0.15, -0.1) is 0 Å². The summed E-state index contributed by atoms with van der Waals surface area (Å²) < 4.78 is 47.3. The number of carbonyl (C=O) groups is 1. The van der Waals surface area contributed by atoms with Gasteiger partial charge in [-0.25, -0.2) is 13.8 Å². The summed E-state index contributed by atoms with van der Waals surface area (Å²) in [6.07, 6.45) is 3.32. The molecule has 5 rings (SSSR count). The normalized spacial score (nSPS) is 16.5. The number of pyridine rings is 2. The van der Waals surface area contributed by atoms with Crippen LogP contribution in [-0.2, 0) is 21.6 Å². The van der Waals surface area contributed by atoms with Crippen LogP contribution < -0.4 is 10.1 Å². The van der Waals surface area contributed by atoms with Gasteiger partial charge in [-0.1, -0.05) is 12.1 Å². The molecule has 1 aliphatic heterocycles. The third-order valence-electron chi connectivity index (χ3n) is 6.28. The number of carbonyl (C=O) groups excluding carboxylic acids is 1. The predicted octanol–water partition coefficient (Wildman–Crippen LogP) is 4.30. The summed E-state index contributed by atoms with van der Waals surface area (Å²) in [5.74, 6) is -2.35. The van der Waals surface area contributed by atoms with Crippen LogP contribution >= 0.6 is 0 Å². The second-order valence-corrected chi connectivity index (χ2v) is 9.33. The number of fused-ring (bicyclic) bond motifs is 1. The summed E-state index contributed by atoms with van der Waals surface area (Å²) in [5.41, 5.74) is 0.439. The van der Waals surface area contributed by atoms with Crippen molar-refractivity contribution in [2.75, 3.05) is 13.2 Å². The van der Waals surface area contributed by atoms with Crippen molar-refractivity contribution >= 4 is 11.6 Å². The molecule has 37 heavy (non-hydrogen) atoms. The molecule has 0 unspecified atom stereocenters. The molecule has 0 atom stereocenters. The Morgan fingerprint density at radius 1 is 1.08 bits per heavy atom. The third-order valence-corrected chi connectivity index (χ3v) is 6.28. The van der Waals surface area contributed by atoms with Crippen molar-refractivity contribution in [3.8, 4) is 5.75 Å². The highest BCUT2D eigenvalue weighted by molar-refractivity contribution is 5.95. The molecular formula is C27H26F2N4O4. The summed E-state index contributed by atoms with van der Waals surface area (Å²) in [6.45, 7) is 5.29. The number of hydrogen-bond donors (Lipinski definition) is 1. The molecule has 10 heteroatoms. The molecule has 1 amide bonds. The van der Waals surface area contributed by atoms with Crippen molar-refractivity contribution < 1.29 is 27.8 Å². The standard InChI is InChI=1S/C27H26F2N4O4/c1-17-23(25(34)32-27(22-11-4-5-12-30-22)15-36-26(2,3)37-16-27)33-13-7-10-21(24(33)31-17)35-14-18-19(28)8-6-9-20(18)29/h4-13H,14-16H2,1-3H3,(H,32,34). The van der Waals surface area contributed by atoms with Crippen molar-refractivity contribution in [2.24, 2.45) is 0 Å². The Kier molecular flexibility index (Phi) is 6.38. The zero-order chi connectivity index (χ0) is 26.2. The molecule has 0 radical (unpaired) electrons. The maximum atomic E-state index is 14.1. The molecular weight excluding hydrogens is 482 g/mol. The number of halogens is 2. The Labute approximate surface area is 212 Å². The number of hydrogen-bond acceptors (Lipinski definition) is 6. The topological polar surface area (TPSA) is 87.0 Å². The highest BCUT2D eigenvalue weighted by Crippen LogP contribution is 2.31. The highest BCUT2D eigenvalue weighted by Gasteiger charge is 2.44. The van der Waals surface area contributed by atoms with Gasteiger partial charge in [0.05, 0.1) is 30.2 Å². The minimum absolute atomic E-state index is 0.154. The lowest BCUT2D eigenvalue weighted by Gasteiger charge is -2.43. The average Bonchev–Trinajstić information content (AvgIpc) is 3.22. The first-order valence-electron chi connectivity index (χ1n) is 11.7. The predicted molar refractivity (Wildman–Crippen MR) is 130 cm³/mol. The van der Waals surface area contributed by atoms with E-state index in [0.29, 0.717) is 17.0 Å². The fraction of sp³-hybridized carbons (Fsp3) is 0.296. The second kappa shape index (κ2) is 9.53. The van der Waals surface area contributed by atoms with Gasteiger partial charge in [0.25, 0.3) is 5.91 Å². The Morgan fingerprint density at radius 2 is 1.81 bits per heavy atom. The molecule has 192 valence electrons. The minimum Gasteiger partial charge on any atom is -0.485 e. The molecule has 0 bridgehead atoms. The Balaban J connectivity index is 1.46. The van der Waals surface area contributed by atoms with Crippen LogP contribution in [0.25, 0.3) is 5.65 Å². The first-order valence-corrected chi connectivity index (χ1v) is 11.7. The van der Waals surface area contributed by atoms with E-state index in [9.17, 15) is 13.6 Å². The Bertz CT molecular complexity index is 1430. The molecule has 0 saturated carbocycles. The smallest absolute Gasteiger partial charge is 0.271 e. The maximum absolute atomic E-state index is 14.1. The number of ether oxygens (including phenoxy) is 3. The van der Waals surface area contributed by atoms with E-state index in [4.69, 9.17) is 14.2 Å². The van der Waals surface area contributed by atoms with Crippen LogP contribution in [0.3, 0.4) is 0 Å². The van der Waals surface area contributed by atoms with Gasteiger partial charge in [-0.3, -0.25) is 14.2 Å². The van der Waals surface area contributed by atoms with Crippen LogP contribution in [0.15, 0.2) is 60.9 Å². The van der Waals surface area contributed by atoms with Gasteiger partial charge < -0.3 is 19.5 Å². The van der Waals surface area contributed by atoms with Crippen molar-refractivity contribution in [2.45, 2.75) is 38.7 Å². The van der Waals surface area contributed by atoms with Crippen LogP contribution in [0.5, 0.6) is 5.75 Å². The summed E-state index contributed by atoms with van der Waals surface area (Å²) >= 11 is 0. The van der Waals surface area contributed by atoms with Crippen LogP contribution in [0, 0.1) is 18.6 Å². The van der Waals surface area contributed by atoms with Crippen LogP contribution in [0.2, 0.25) is 0 Å². The maximum Gasteiger partial charge on any atom is 0.271 e. The van der Waals surface area contributed by atoms with Crippen LogP contribution in [0.4, 0.5) is 8.78 Å². The van der Waals surface area contributed by atoms with Crippen molar-refractivity contribution in [3.63, 3.8) is 0 Å². The third kappa shape index (κ3) is 4.77. The Hall–Kier alpha value is -3.89. The fourth-order valence-corrected chi connectivity index (χ4v) is 4.25. The minimum atomic E-state index is -1.03. The van der Waals surface area contributed by atoms with Gasteiger partial charge in [0.1, 0.15) is 29.5 Å². The number of rotatable bonds is 6. The lowest BCUT2D eigenvalue weighted by molar-refractivity contribution is -0.272. The molecule has 1 fully saturated rings. The quantitative estimate of drug-likeness (QED) is 0.418. The van der Waals surface area contributed by atoms with Gasteiger partial charge in [-0.2, -0.15) is 0 Å². The molecule has 0 aliphatic carbocycles. The molecule has 4 heterocycles. The lowest BCUT2D eigenvalue weighted by Crippen LogP contribution is -2.59. The zero-order valence-electron chi connectivity index (χ0n) is 20.6. The van der Waals surface area contributed by atoms with E-state index < -0.39 is 28.9 Å². The van der Waals surface area contributed by atoms with Gasteiger partial charge in [0.15, 0.2) is 17.2 Å². The van der Waals surface area contributed by atoms with Gasteiger partial charge >= 0.3 is 0 Å². The lowest BCUT2D eigenvalue weighted by atomic mass is 9.94. The van der Waals surface area contributed by atoms with Gasteiger partial charge in [-0.05, 0) is 57.2 Å². The number of aromatic nitrogens is 3. The van der Waals surface area contributed by atoms with Gasteiger partial charge in [0, 0.05) is 12.4 Å². The van der Waals surface area contributed by atoms with Crippen molar-refractivity contribution in [3.05, 3.63) is 95.2 Å². The molecule has 1 aromatic carbocycles. The Morgan fingerprint density at radius 3 is 2.49 bits per heavy atom. The van der Waals surface area contributed by atoms with E-state index >= 15 is 0 Å². The van der Waals surface area contributed by atoms with E-state index in [1.165, 1.54) is 18.2 Å². The molecule has 3 aromatic heterocycles. The number of aryl methyl sites for hydroxylation is 1. The van der Waals surface area contributed by atoms with E-state index in [0.717, 1.165) is 0 Å². The van der Waals surface area contributed by atoms with Crippen molar-refractivity contribution in [1.82, 2.24) is 19.7 Å². The summed E-state index contributed by atoms with van der Waals surface area (Å²) in [5, 5.41) is 3.06. The first-order chi connectivity index (χ1) is 17.7. The number of imidazole rings is 1. The molecule has 1 aliphatic rings. The molecule has 4 aromatic rings. The first kappa shape index (κ1) is 24.8. The van der Waals surface area contributed by atoms with E-state index in [-0.39, 0.29) is 36.8 Å². The monoisotopic (exact) mass is 508 g/mol. The molecule has 1 saturated heterocycles. The second-order valence-electron chi connectivity index (χ2n) is 9.33. The number of nitrogens with one attached hydrogen (secondary N) is 1. The SMILES string of the molecule is Cc1nc2c(OCc3c(F)cccc3F)cccn2c1C(=O)NC1(c2ccccn2)COC(C)(C)OC1. The number of amides is 1. The van der Waals surface area contributed by atoms with E-state index in [1.54, 1.807) is 61.8 Å². The number of benzene rings is 1. The molecule has 0 spiro atoms. The summed E-state index contributed by atoms with van der Waals surface area (Å²) in [6, 6.07) is 12.3. The van der Waals surface area contributed by atoms with E-state index in [2.05, 4.69) is 15.3 Å². The summed E-state index contributed by atoms with van der Waals surface area (Å²) in [4.78, 5) is 22.6. The van der Waals surface area contributed by atoms with Crippen LogP contribution in [-0.4, -0.2) is 39.3 Å². The zero-order valence-corrected chi connectivity index (χ0v) is 20.6. The summed E-state index contributed by atoms with van der Waals surface area (Å²) in [7, 11) is 0. The van der Waals surface area contributed by atoms with E-state index in [1.807, 2.05) is 6.07 Å². The highest BCUT2D eigenvalue weighted by atomic mass is 19.1. The fourth-order valence-electron chi connectivity index (χ4n) is 4.25. The molecule has 8 nitrogen and oxygen atoms in total. The largest absolute Gasteiger partial charge is 0.485 e. The van der Waals surface area contributed by atoms with Crippen LogP contribution in [0.1, 0.15) is 41.3 Å². The molecule has 1 N–H and O–H groups in total. The number of nitrogens with zero attached hydrogens (tertiary/aromatic N) is 3. The average molecular weight is 509 g/mol. The van der Waals surface area contributed by atoms with Gasteiger partial charge in [0.2, 0.25) is 0 Å². The van der Waals surface area contributed by atoms with Crippen molar-refractivity contribution in [1.29, 1.82) is 0 Å².